The zero-order valence-electron chi connectivity index (χ0n) is 13.2. The van der Waals surface area contributed by atoms with Crippen molar-refractivity contribution in [3.8, 4) is 0 Å². The van der Waals surface area contributed by atoms with Crippen molar-refractivity contribution in [2.24, 2.45) is 5.73 Å². The van der Waals surface area contributed by atoms with Crippen LogP contribution < -0.4 is 16.0 Å². The molecule has 0 aromatic heterocycles. The van der Waals surface area contributed by atoms with Gasteiger partial charge in [-0.25, -0.2) is 0 Å². The van der Waals surface area contributed by atoms with Crippen molar-refractivity contribution in [1.82, 2.24) is 0 Å². The zero-order chi connectivity index (χ0) is 15.5. The fraction of sp³-hybridized carbons (Fsp3) is 0.278. The number of benzene rings is 2. The van der Waals surface area contributed by atoms with Gasteiger partial charge in [-0.3, -0.25) is 4.79 Å². The van der Waals surface area contributed by atoms with E-state index in [9.17, 15) is 4.79 Å². The van der Waals surface area contributed by atoms with Crippen LogP contribution in [0.25, 0.3) is 0 Å². The average Bonchev–Trinajstić information content (AvgIpc) is 2.76. The van der Waals surface area contributed by atoms with Crippen molar-refractivity contribution in [3.05, 3.63) is 59.2 Å². The van der Waals surface area contributed by atoms with Gasteiger partial charge in [-0.15, -0.1) is 12.4 Å². The molecule has 0 radical (unpaired) electrons. The van der Waals surface area contributed by atoms with Crippen LogP contribution in [0, 0.1) is 6.92 Å². The predicted octanol–water partition coefficient (Wildman–Crippen LogP) is 3.34. The molecule has 0 spiro atoms. The van der Waals surface area contributed by atoms with Crippen LogP contribution in [-0.4, -0.2) is 19.0 Å². The van der Waals surface area contributed by atoms with Gasteiger partial charge in [0, 0.05) is 25.2 Å². The van der Waals surface area contributed by atoms with Crippen molar-refractivity contribution in [2.75, 3.05) is 23.3 Å². The Kier molecular flexibility index (Phi) is 5.64. The number of rotatable bonds is 2. The van der Waals surface area contributed by atoms with Gasteiger partial charge in [-0.1, -0.05) is 18.2 Å². The maximum atomic E-state index is 12.9. The molecular formula is C18H22ClN3O. The first-order chi connectivity index (χ1) is 10.7. The van der Waals surface area contributed by atoms with Crippen LogP contribution in [0.5, 0.6) is 0 Å². The molecule has 0 bridgehead atoms. The molecule has 0 fully saturated rings. The fourth-order valence-corrected chi connectivity index (χ4v) is 2.86. The number of aryl methyl sites for hydroxylation is 1. The molecular weight excluding hydrogens is 310 g/mol. The van der Waals surface area contributed by atoms with Gasteiger partial charge in [0.2, 0.25) is 0 Å². The van der Waals surface area contributed by atoms with E-state index in [4.69, 9.17) is 5.73 Å². The van der Waals surface area contributed by atoms with Gasteiger partial charge in [0.25, 0.3) is 5.91 Å². The standard InChI is InChI=1S/C18H21N3O.ClH/c1-13-11-14(7-8-15(13)12-19)18(22)21-10-4-9-20-16-5-2-3-6-17(16)21;/h2-3,5-8,11,20H,4,9-10,12,19H2,1H3;1H. The van der Waals surface area contributed by atoms with Crippen molar-refractivity contribution in [3.63, 3.8) is 0 Å². The molecule has 5 heteroatoms. The number of nitrogens with two attached hydrogens (primary N) is 1. The Morgan fingerprint density at radius 2 is 2.04 bits per heavy atom. The summed E-state index contributed by atoms with van der Waals surface area (Å²) in [6, 6.07) is 13.7. The molecule has 4 nitrogen and oxygen atoms in total. The second kappa shape index (κ2) is 7.49. The Balaban J connectivity index is 0.00000192. The molecule has 1 aliphatic heterocycles. The topological polar surface area (TPSA) is 58.4 Å². The Morgan fingerprint density at radius 3 is 2.78 bits per heavy atom. The van der Waals surface area contributed by atoms with Crippen LogP contribution in [0.15, 0.2) is 42.5 Å². The first kappa shape index (κ1) is 17.3. The molecule has 1 heterocycles. The fourth-order valence-electron chi connectivity index (χ4n) is 2.86. The summed E-state index contributed by atoms with van der Waals surface area (Å²) in [6.45, 7) is 4.10. The minimum atomic E-state index is 0. The minimum Gasteiger partial charge on any atom is -0.383 e. The number of halogens is 1. The molecule has 0 atom stereocenters. The maximum absolute atomic E-state index is 12.9. The first-order valence-corrected chi connectivity index (χ1v) is 7.65. The summed E-state index contributed by atoms with van der Waals surface area (Å²) in [6.07, 6.45) is 0.931. The van der Waals surface area contributed by atoms with Crippen LogP contribution in [-0.2, 0) is 6.54 Å². The van der Waals surface area contributed by atoms with Gasteiger partial charge in [0.1, 0.15) is 0 Å². The van der Waals surface area contributed by atoms with Gasteiger partial charge in [-0.05, 0) is 48.7 Å². The smallest absolute Gasteiger partial charge is 0.258 e. The number of hydrogen-bond donors (Lipinski definition) is 2. The number of anilines is 2. The zero-order valence-corrected chi connectivity index (χ0v) is 14.0. The molecule has 2 aromatic rings. The van der Waals surface area contributed by atoms with E-state index >= 15 is 0 Å². The second-order valence-corrected chi connectivity index (χ2v) is 5.60. The molecule has 0 saturated carbocycles. The molecule has 3 N–H and O–H groups in total. The Labute approximate surface area is 143 Å². The SMILES string of the molecule is Cc1cc(C(=O)N2CCCNc3ccccc32)ccc1CN.Cl. The lowest BCUT2D eigenvalue weighted by molar-refractivity contribution is 0.0987. The molecule has 2 aromatic carbocycles. The Bertz CT molecular complexity index is 702. The van der Waals surface area contributed by atoms with Crippen LogP contribution >= 0.6 is 12.4 Å². The minimum absolute atomic E-state index is 0. The van der Waals surface area contributed by atoms with Gasteiger partial charge in [0.05, 0.1) is 11.4 Å². The molecule has 23 heavy (non-hydrogen) atoms. The summed E-state index contributed by atoms with van der Waals surface area (Å²) in [4.78, 5) is 14.8. The third kappa shape index (κ3) is 3.49. The Hall–Kier alpha value is -2.04. The van der Waals surface area contributed by atoms with E-state index in [0.717, 1.165) is 42.0 Å². The van der Waals surface area contributed by atoms with Gasteiger partial charge in [0.15, 0.2) is 0 Å². The van der Waals surface area contributed by atoms with E-state index in [0.29, 0.717) is 12.1 Å². The highest BCUT2D eigenvalue weighted by Crippen LogP contribution is 2.29. The molecule has 1 aliphatic rings. The van der Waals surface area contributed by atoms with Gasteiger partial charge < -0.3 is 16.0 Å². The van der Waals surface area contributed by atoms with Crippen LogP contribution in [0.3, 0.4) is 0 Å². The number of nitrogens with one attached hydrogen (secondary N) is 1. The van der Waals surface area contributed by atoms with Gasteiger partial charge >= 0.3 is 0 Å². The highest BCUT2D eigenvalue weighted by molar-refractivity contribution is 6.08. The van der Waals surface area contributed by atoms with Crippen molar-refractivity contribution >= 4 is 29.7 Å². The maximum Gasteiger partial charge on any atom is 0.258 e. The summed E-state index contributed by atoms with van der Waals surface area (Å²) in [5.74, 6) is 0.0443. The third-order valence-electron chi connectivity index (χ3n) is 4.12. The molecule has 122 valence electrons. The number of fused-ring (bicyclic) bond motifs is 1. The highest BCUT2D eigenvalue weighted by atomic mass is 35.5. The summed E-state index contributed by atoms with van der Waals surface area (Å²) >= 11 is 0. The quantitative estimate of drug-likeness (QED) is 0.887. The van der Waals surface area contributed by atoms with Crippen LogP contribution in [0.1, 0.15) is 27.9 Å². The lowest BCUT2D eigenvalue weighted by atomic mass is 10.0. The number of amides is 1. The van der Waals surface area contributed by atoms with Crippen molar-refractivity contribution in [2.45, 2.75) is 19.9 Å². The third-order valence-corrected chi connectivity index (χ3v) is 4.12. The predicted molar refractivity (Wildman–Crippen MR) is 97.5 cm³/mol. The van der Waals surface area contributed by atoms with E-state index in [-0.39, 0.29) is 18.3 Å². The van der Waals surface area contributed by atoms with E-state index in [1.54, 1.807) is 0 Å². The summed E-state index contributed by atoms with van der Waals surface area (Å²) < 4.78 is 0. The lowest BCUT2D eigenvalue weighted by Crippen LogP contribution is -2.31. The van der Waals surface area contributed by atoms with E-state index in [1.807, 2.05) is 54.3 Å². The monoisotopic (exact) mass is 331 g/mol. The van der Waals surface area contributed by atoms with Crippen molar-refractivity contribution in [1.29, 1.82) is 0 Å². The lowest BCUT2D eigenvalue weighted by Gasteiger charge is -2.23. The number of carbonyl (C=O) groups is 1. The van der Waals surface area contributed by atoms with E-state index in [1.165, 1.54) is 0 Å². The first-order valence-electron chi connectivity index (χ1n) is 7.65. The van der Waals surface area contributed by atoms with Gasteiger partial charge in [-0.2, -0.15) is 0 Å². The molecule has 1 amide bonds. The number of carbonyl (C=O) groups excluding carboxylic acids is 1. The van der Waals surface area contributed by atoms with Crippen LogP contribution in [0.2, 0.25) is 0 Å². The summed E-state index contributed by atoms with van der Waals surface area (Å²) in [5.41, 5.74) is 10.5. The van der Waals surface area contributed by atoms with E-state index < -0.39 is 0 Å². The average molecular weight is 332 g/mol. The molecule has 3 rings (SSSR count). The molecule has 0 aliphatic carbocycles. The number of hydrogen-bond acceptors (Lipinski definition) is 3. The second-order valence-electron chi connectivity index (χ2n) is 5.60. The van der Waals surface area contributed by atoms with Crippen LogP contribution in [0.4, 0.5) is 11.4 Å². The number of nitrogens with zero attached hydrogens (tertiary/aromatic N) is 1. The highest BCUT2D eigenvalue weighted by Gasteiger charge is 2.22. The molecule has 0 saturated heterocycles. The summed E-state index contributed by atoms with van der Waals surface area (Å²) in [7, 11) is 0. The number of para-hydroxylation sites is 2. The summed E-state index contributed by atoms with van der Waals surface area (Å²) in [5, 5.41) is 3.38. The Morgan fingerprint density at radius 1 is 1.26 bits per heavy atom. The molecule has 0 unspecified atom stereocenters. The normalized spacial score (nSPS) is 13.4. The van der Waals surface area contributed by atoms with Crippen molar-refractivity contribution < 1.29 is 4.79 Å². The largest absolute Gasteiger partial charge is 0.383 e. The van der Waals surface area contributed by atoms with E-state index in [2.05, 4.69) is 5.32 Å².